The molecule has 0 spiro atoms. The number of hydrogen-bond donors (Lipinski definition) is 1. The number of ether oxygens (including phenoxy) is 1. The number of hydrogen-bond acceptors (Lipinski definition) is 3. The lowest BCUT2D eigenvalue weighted by molar-refractivity contribution is 0.122. The summed E-state index contributed by atoms with van der Waals surface area (Å²) < 4.78 is 7.55. The van der Waals surface area contributed by atoms with Gasteiger partial charge in [0.1, 0.15) is 0 Å². The zero-order valence-corrected chi connectivity index (χ0v) is 18.7. The molecule has 1 saturated heterocycles. The van der Waals surface area contributed by atoms with Crippen LogP contribution in [0.4, 0.5) is 5.69 Å². The lowest BCUT2D eigenvalue weighted by Crippen LogP contribution is -2.38. The van der Waals surface area contributed by atoms with Crippen molar-refractivity contribution in [3.63, 3.8) is 0 Å². The van der Waals surface area contributed by atoms with Crippen molar-refractivity contribution in [2.45, 2.75) is 13.1 Å². The number of aromatic nitrogens is 1. The summed E-state index contributed by atoms with van der Waals surface area (Å²) in [6.45, 7) is 5.13. The second kappa shape index (κ2) is 10.6. The van der Waals surface area contributed by atoms with Gasteiger partial charge in [-0.1, -0.05) is 12.1 Å². The molecule has 1 fully saturated rings. The molecule has 0 amide bonds. The fraction of sp³-hybridized carbons (Fsp3) is 0.450. The summed E-state index contributed by atoms with van der Waals surface area (Å²) in [5.41, 5.74) is 3.77. The Morgan fingerprint density at radius 1 is 1.19 bits per heavy atom. The molecule has 27 heavy (non-hydrogen) atoms. The second-order valence-corrected chi connectivity index (χ2v) is 6.63. The molecule has 0 radical (unpaired) electrons. The first-order valence-electron chi connectivity index (χ1n) is 9.11. The van der Waals surface area contributed by atoms with E-state index in [9.17, 15) is 0 Å². The number of nitrogens with zero attached hydrogens (tertiary/aromatic N) is 4. The van der Waals surface area contributed by atoms with E-state index in [0.29, 0.717) is 0 Å². The third-order valence-electron chi connectivity index (χ3n) is 4.79. The molecule has 1 N–H and O–H groups in total. The number of aliphatic imine (C=N–C) groups is 1. The maximum atomic E-state index is 5.42. The molecule has 1 aliphatic rings. The number of rotatable bonds is 5. The van der Waals surface area contributed by atoms with E-state index in [4.69, 9.17) is 4.74 Å². The van der Waals surface area contributed by atoms with Gasteiger partial charge in [0, 0.05) is 58.4 Å². The third kappa shape index (κ3) is 5.87. The Kier molecular flexibility index (Phi) is 8.43. The number of halogens is 1. The number of nitrogens with one attached hydrogen (secondary N) is 1. The molecule has 0 aliphatic carbocycles. The molecular formula is C20H30IN5O. The highest BCUT2D eigenvalue weighted by Gasteiger charge is 2.11. The number of anilines is 1. The van der Waals surface area contributed by atoms with Crippen molar-refractivity contribution in [3.8, 4) is 0 Å². The fourth-order valence-electron chi connectivity index (χ4n) is 3.19. The number of guanidine groups is 1. The molecule has 3 rings (SSSR count). The molecule has 0 atom stereocenters. The molecule has 1 aromatic heterocycles. The van der Waals surface area contributed by atoms with Gasteiger partial charge in [-0.3, -0.25) is 4.99 Å². The van der Waals surface area contributed by atoms with Crippen molar-refractivity contribution in [2.75, 3.05) is 45.3 Å². The summed E-state index contributed by atoms with van der Waals surface area (Å²) >= 11 is 0. The normalized spacial score (nSPS) is 14.6. The third-order valence-corrected chi connectivity index (χ3v) is 4.79. The predicted octanol–water partition coefficient (Wildman–Crippen LogP) is 2.69. The van der Waals surface area contributed by atoms with Gasteiger partial charge in [0.25, 0.3) is 0 Å². The van der Waals surface area contributed by atoms with Crippen LogP contribution in [0, 0.1) is 0 Å². The zero-order chi connectivity index (χ0) is 18.4. The molecular weight excluding hydrogens is 453 g/mol. The van der Waals surface area contributed by atoms with Crippen molar-refractivity contribution in [3.05, 3.63) is 53.9 Å². The largest absolute Gasteiger partial charge is 0.378 e. The van der Waals surface area contributed by atoms with Crippen LogP contribution < -0.4 is 10.2 Å². The molecule has 7 heteroatoms. The summed E-state index contributed by atoms with van der Waals surface area (Å²) in [5, 5.41) is 3.45. The number of benzene rings is 1. The lowest BCUT2D eigenvalue weighted by atomic mass is 10.2. The first-order chi connectivity index (χ1) is 12.7. The van der Waals surface area contributed by atoms with Crippen LogP contribution in [0.1, 0.15) is 11.3 Å². The van der Waals surface area contributed by atoms with Gasteiger partial charge in [0.2, 0.25) is 0 Å². The standard InChI is InChI=1S/C20H29N5O.HI/c1-21-20(24(3)16-19-5-4-10-23(19)2)22-15-17-6-8-18(9-7-17)25-11-13-26-14-12-25;/h4-10H,11-16H2,1-3H3,(H,21,22);1H. The van der Waals surface area contributed by atoms with Crippen molar-refractivity contribution >= 4 is 35.6 Å². The highest BCUT2D eigenvalue weighted by atomic mass is 127. The molecule has 2 heterocycles. The maximum absolute atomic E-state index is 5.42. The Morgan fingerprint density at radius 2 is 1.89 bits per heavy atom. The monoisotopic (exact) mass is 483 g/mol. The van der Waals surface area contributed by atoms with Crippen molar-refractivity contribution in [2.24, 2.45) is 12.0 Å². The average molecular weight is 483 g/mol. The molecule has 0 saturated carbocycles. The molecule has 6 nitrogen and oxygen atoms in total. The van der Waals surface area contributed by atoms with Gasteiger partial charge in [-0.05, 0) is 29.8 Å². The van der Waals surface area contributed by atoms with E-state index in [2.05, 4.69) is 81.4 Å². The van der Waals surface area contributed by atoms with E-state index in [1.807, 2.05) is 7.05 Å². The minimum atomic E-state index is 0. The summed E-state index contributed by atoms with van der Waals surface area (Å²) in [4.78, 5) is 8.91. The summed E-state index contributed by atoms with van der Waals surface area (Å²) in [6, 6.07) is 13.0. The Morgan fingerprint density at radius 3 is 2.48 bits per heavy atom. The number of morpholine rings is 1. The quantitative estimate of drug-likeness (QED) is 0.404. The Labute approximate surface area is 179 Å². The van der Waals surface area contributed by atoms with Crippen LogP contribution in [0.3, 0.4) is 0 Å². The van der Waals surface area contributed by atoms with Crippen LogP contribution in [-0.4, -0.2) is 55.8 Å². The topological polar surface area (TPSA) is 45.0 Å². The molecule has 1 aliphatic heterocycles. The van der Waals surface area contributed by atoms with Crippen molar-refractivity contribution < 1.29 is 4.74 Å². The second-order valence-electron chi connectivity index (χ2n) is 6.63. The Hall–Kier alpha value is -1.74. The predicted molar refractivity (Wildman–Crippen MR) is 122 cm³/mol. The summed E-state index contributed by atoms with van der Waals surface area (Å²) in [5.74, 6) is 0.892. The molecule has 2 aromatic rings. The van der Waals surface area contributed by atoms with Crippen LogP contribution in [0.15, 0.2) is 47.6 Å². The summed E-state index contributed by atoms with van der Waals surface area (Å²) in [7, 11) is 5.95. The van der Waals surface area contributed by atoms with Gasteiger partial charge < -0.3 is 24.4 Å². The lowest BCUT2D eigenvalue weighted by Gasteiger charge is -2.29. The first kappa shape index (κ1) is 21.6. The maximum Gasteiger partial charge on any atom is 0.194 e. The van der Waals surface area contributed by atoms with Crippen LogP contribution in [-0.2, 0) is 24.9 Å². The highest BCUT2D eigenvalue weighted by Crippen LogP contribution is 2.16. The van der Waals surface area contributed by atoms with E-state index in [1.54, 1.807) is 0 Å². The van der Waals surface area contributed by atoms with E-state index in [0.717, 1.165) is 45.4 Å². The molecule has 0 unspecified atom stereocenters. The highest BCUT2D eigenvalue weighted by molar-refractivity contribution is 14.0. The van der Waals surface area contributed by atoms with Crippen LogP contribution in [0.25, 0.3) is 0 Å². The molecule has 0 bridgehead atoms. The Bertz CT molecular complexity index is 722. The van der Waals surface area contributed by atoms with E-state index >= 15 is 0 Å². The van der Waals surface area contributed by atoms with Gasteiger partial charge in [0.15, 0.2) is 5.96 Å². The smallest absolute Gasteiger partial charge is 0.194 e. The average Bonchev–Trinajstić information content (AvgIpc) is 3.08. The van der Waals surface area contributed by atoms with Crippen LogP contribution in [0.5, 0.6) is 0 Å². The minimum absolute atomic E-state index is 0. The van der Waals surface area contributed by atoms with Gasteiger partial charge in [0.05, 0.1) is 19.8 Å². The van der Waals surface area contributed by atoms with Gasteiger partial charge >= 0.3 is 0 Å². The van der Waals surface area contributed by atoms with Gasteiger partial charge in [-0.2, -0.15) is 0 Å². The zero-order valence-electron chi connectivity index (χ0n) is 16.4. The summed E-state index contributed by atoms with van der Waals surface area (Å²) in [6.07, 6.45) is 2.06. The van der Waals surface area contributed by atoms with Gasteiger partial charge in [-0.25, -0.2) is 0 Å². The van der Waals surface area contributed by atoms with E-state index in [-0.39, 0.29) is 24.0 Å². The van der Waals surface area contributed by atoms with Crippen LogP contribution >= 0.6 is 24.0 Å². The van der Waals surface area contributed by atoms with Crippen molar-refractivity contribution in [1.29, 1.82) is 0 Å². The van der Waals surface area contributed by atoms with E-state index in [1.165, 1.54) is 16.9 Å². The molecule has 148 valence electrons. The number of aryl methyl sites for hydroxylation is 1. The van der Waals surface area contributed by atoms with Gasteiger partial charge in [-0.15, -0.1) is 24.0 Å². The minimum Gasteiger partial charge on any atom is -0.378 e. The SMILES string of the molecule is CN=C(NCc1ccc(N2CCOCC2)cc1)N(C)Cc1cccn1C.I. The molecule has 1 aromatic carbocycles. The van der Waals surface area contributed by atoms with E-state index < -0.39 is 0 Å². The first-order valence-corrected chi connectivity index (χ1v) is 9.11. The fourth-order valence-corrected chi connectivity index (χ4v) is 3.19. The Balaban J connectivity index is 0.00000261. The van der Waals surface area contributed by atoms with Crippen LogP contribution in [0.2, 0.25) is 0 Å². The van der Waals surface area contributed by atoms with Crippen molar-refractivity contribution in [1.82, 2.24) is 14.8 Å².